The Hall–Kier alpha value is -1.40. The minimum absolute atomic E-state index is 0.00940. The second-order valence-electron chi connectivity index (χ2n) is 3.12. The summed E-state index contributed by atoms with van der Waals surface area (Å²) in [6.07, 6.45) is 2.35. The molecule has 1 aromatic heterocycles. The predicted octanol–water partition coefficient (Wildman–Crippen LogP) is 1.30. The SMILES string of the molecule is CS(=O)(=O)OCc1ccc2ncoc2c1. The van der Waals surface area contributed by atoms with Crippen molar-refractivity contribution in [2.24, 2.45) is 0 Å². The molecule has 0 N–H and O–H groups in total. The summed E-state index contributed by atoms with van der Waals surface area (Å²) in [5, 5.41) is 0. The van der Waals surface area contributed by atoms with Crippen molar-refractivity contribution in [1.82, 2.24) is 4.98 Å². The third-order valence-electron chi connectivity index (χ3n) is 1.84. The molecule has 0 saturated heterocycles. The molecule has 80 valence electrons. The summed E-state index contributed by atoms with van der Waals surface area (Å²) in [5.41, 5.74) is 2.08. The van der Waals surface area contributed by atoms with Gasteiger partial charge in [0.15, 0.2) is 12.0 Å². The molecular weight excluding hydrogens is 218 g/mol. The Morgan fingerprint density at radius 1 is 1.47 bits per heavy atom. The molecule has 0 spiro atoms. The molecule has 6 heteroatoms. The first-order valence-electron chi connectivity index (χ1n) is 4.21. The first-order valence-corrected chi connectivity index (χ1v) is 6.03. The fraction of sp³-hybridized carbons (Fsp3) is 0.222. The second-order valence-corrected chi connectivity index (χ2v) is 4.76. The summed E-state index contributed by atoms with van der Waals surface area (Å²) >= 11 is 0. The van der Waals surface area contributed by atoms with Crippen molar-refractivity contribution in [3.05, 3.63) is 30.2 Å². The largest absolute Gasteiger partial charge is 0.443 e. The van der Waals surface area contributed by atoms with E-state index in [2.05, 4.69) is 9.17 Å². The summed E-state index contributed by atoms with van der Waals surface area (Å²) in [5.74, 6) is 0. The van der Waals surface area contributed by atoms with Gasteiger partial charge in [-0.15, -0.1) is 0 Å². The van der Waals surface area contributed by atoms with Gasteiger partial charge in [-0.1, -0.05) is 6.07 Å². The van der Waals surface area contributed by atoms with E-state index >= 15 is 0 Å². The number of fused-ring (bicyclic) bond motifs is 1. The van der Waals surface area contributed by atoms with E-state index < -0.39 is 10.1 Å². The van der Waals surface area contributed by atoms with Crippen molar-refractivity contribution in [3.8, 4) is 0 Å². The molecule has 0 aliphatic heterocycles. The van der Waals surface area contributed by atoms with Crippen molar-refractivity contribution >= 4 is 21.2 Å². The van der Waals surface area contributed by atoms with Crippen LogP contribution >= 0.6 is 0 Å². The quantitative estimate of drug-likeness (QED) is 0.739. The zero-order chi connectivity index (χ0) is 10.9. The third-order valence-corrected chi connectivity index (χ3v) is 2.38. The van der Waals surface area contributed by atoms with Gasteiger partial charge in [-0.2, -0.15) is 8.42 Å². The van der Waals surface area contributed by atoms with E-state index in [9.17, 15) is 8.42 Å². The highest BCUT2D eigenvalue weighted by Crippen LogP contribution is 2.15. The molecule has 2 aromatic rings. The minimum atomic E-state index is -3.41. The number of hydrogen-bond donors (Lipinski definition) is 0. The summed E-state index contributed by atoms with van der Waals surface area (Å²) in [6.45, 7) is 0.00940. The molecule has 2 rings (SSSR count). The average molecular weight is 227 g/mol. The lowest BCUT2D eigenvalue weighted by Crippen LogP contribution is -2.02. The molecule has 0 unspecified atom stereocenters. The number of benzene rings is 1. The molecule has 15 heavy (non-hydrogen) atoms. The van der Waals surface area contributed by atoms with Crippen LogP contribution in [0.5, 0.6) is 0 Å². The summed E-state index contributed by atoms with van der Waals surface area (Å²) in [6, 6.07) is 5.20. The van der Waals surface area contributed by atoms with E-state index in [-0.39, 0.29) is 6.61 Å². The van der Waals surface area contributed by atoms with E-state index in [1.807, 2.05) is 0 Å². The Bertz CT molecular complexity index is 573. The van der Waals surface area contributed by atoms with Crippen molar-refractivity contribution in [2.45, 2.75) is 6.61 Å². The lowest BCUT2D eigenvalue weighted by molar-refractivity contribution is 0.311. The number of hydrogen-bond acceptors (Lipinski definition) is 5. The van der Waals surface area contributed by atoms with E-state index in [0.29, 0.717) is 5.58 Å². The number of nitrogens with zero attached hydrogens (tertiary/aromatic N) is 1. The maximum Gasteiger partial charge on any atom is 0.264 e. The highest BCUT2D eigenvalue weighted by atomic mass is 32.2. The van der Waals surface area contributed by atoms with Crippen molar-refractivity contribution < 1.29 is 17.0 Å². The Labute approximate surface area is 86.8 Å². The van der Waals surface area contributed by atoms with Gasteiger partial charge in [0.1, 0.15) is 5.52 Å². The normalized spacial score (nSPS) is 12.1. The molecular formula is C9H9NO4S. The molecule has 0 amide bonds. The van der Waals surface area contributed by atoms with Crippen LogP contribution in [0.2, 0.25) is 0 Å². The van der Waals surface area contributed by atoms with Gasteiger partial charge >= 0.3 is 0 Å². The van der Waals surface area contributed by atoms with Gasteiger partial charge in [-0.25, -0.2) is 4.98 Å². The van der Waals surface area contributed by atoms with Crippen LogP contribution in [0.25, 0.3) is 11.1 Å². The van der Waals surface area contributed by atoms with Crippen LogP contribution in [-0.2, 0) is 20.9 Å². The van der Waals surface area contributed by atoms with Gasteiger partial charge in [-0.3, -0.25) is 4.18 Å². The zero-order valence-corrected chi connectivity index (χ0v) is 8.82. The van der Waals surface area contributed by atoms with Crippen LogP contribution in [0.3, 0.4) is 0 Å². The van der Waals surface area contributed by atoms with E-state index in [1.165, 1.54) is 6.39 Å². The molecule has 0 radical (unpaired) electrons. The van der Waals surface area contributed by atoms with Crippen LogP contribution < -0.4 is 0 Å². The fourth-order valence-corrected chi connectivity index (χ4v) is 1.51. The number of rotatable bonds is 3. The van der Waals surface area contributed by atoms with Crippen molar-refractivity contribution in [2.75, 3.05) is 6.26 Å². The van der Waals surface area contributed by atoms with Gasteiger partial charge in [0.2, 0.25) is 0 Å². The van der Waals surface area contributed by atoms with Gasteiger partial charge in [0.05, 0.1) is 12.9 Å². The third kappa shape index (κ3) is 2.54. The van der Waals surface area contributed by atoms with Crippen LogP contribution in [0.1, 0.15) is 5.56 Å². The lowest BCUT2D eigenvalue weighted by Gasteiger charge is -2.00. The highest BCUT2D eigenvalue weighted by molar-refractivity contribution is 7.85. The van der Waals surface area contributed by atoms with Crippen molar-refractivity contribution in [1.29, 1.82) is 0 Å². The number of aromatic nitrogens is 1. The molecule has 0 atom stereocenters. The monoisotopic (exact) mass is 227 g/mol. The fourth-order valence-electron chi connectivity index (χ4n) is 1.16. The summed E-state index contributed by atoms with van der Waals surface area (Å²) < 4.78 is 31.2. The molecule has 0 aliphatic carbocycles. The summed E-state index contributed by atoms with van der Waals surface area (Å²) in [4.78, 5) is 3.94. The van der Waals surface area contributed by atoms with Crippen LogP contribution in [0, 0.1) is 0 Å². The number of oxazole rings is 1. The van der Waals surface area contributed by atoms with Crippen molar-refractivity contribution in [3.63, 3.8) is 0 Å². The molecule has 1 heterocycles. The van der Waals surface area contributed by atoms with E-state index in [0.717, 1.165) is 17.3 Å². The van der Waals surface area contributed by atoms with Crippen LogP contribution in [0.4, 0.5) is 0 Å². The van der Waals surface area contributed by atoms with Crippen LogP contribution in [0.15, 0.2) is 29.0 Å². The van der Waals surface area contributed by atoms with Gasteiger partial charge < -0.3 is 4.42 Å². The van der Waals surface area contributed by atoms with Gasteiger partial charge in [0, 0.05) is 0 Å². The summed E-state index contributed by atoms with van der Waals surface area (Å²) in [7, 11) is -3.41. The Morgan fingerprint density at radius 2 is 2.27 bits per heavy atom. The standard InChI is InChI=1S/C9H9NO4S/c1-15(11,12)14-5-7-2-3-8-9(4-7)13-6-10-8/h2-4,6H,5H2,1H3. The highest BCUT2D eigenvalue weighted by Gasteiger charge is 2.04. The molecule has 0 fully saturated rings. The lowest BCUT2D eigenvalue weighted by atomic mass is 10.2. The molecule has 1 aromatic carbocycles. The molecule has 0 saturated carbocycles. The first-order chi connectivity index (χ1) is 7.04. The minimum Gasteiger partial charge on any atom is -0.443 e. The maximum atomic E-state index is 10.8. The Balaban J connectivity index is 2.21. The van der Waals surface area contributed by atoms with E-state index in [4.69, 9.17) is 4.42 Å². The van der Waals surface area contributed by atoms with Gasteiger partial charge in [0.25, 0.3) is 10.1 Å². The Kier molecular flexibility index (Phi) is 2.45. The van der Waals surface area contributed by atoms with E-state index in [1.54, 1.807) is 18.2 Å². The Morgan fingerprint density at radius 3 is 3.00 bits per heavy atom. The first kappa shape index (κ1) is 10.1. The predicted molar refractivity (Wildman–Crippen MR) is 53.6 cm³/mol. The van der Waals surface area contributed by atoms with Crippen LogP contribution in [-0.4, -0.2) is 19.7 Å². The smallest absolute Gasteiger partial charge is 0.264 e. The zero-order valence-electron chi connectivity index (χ0n) is 8.00. The topological polar surface area (TPSA) is 69.4 Å². The molecule has 0 aliphatic rings. The van der Waals surface area contributed by atoms with Gasteiger partial charge in [-0.05, 0) is 17.7 Å². The average Bonchev–Trinajstić information content (AvgIpc) is 2.60. The maximum absolute atomic E-state index is 10.8. The molecule has 0 bridgehead atoms. The second kappa shape index (κ2) is 3.63. The molecule has 5 nitrogen and oxygen atoms in total.